The Labute approximate surface area is 204 Å². The molecule has 2 aliphatic rings. The van der Waals surface area contributed by atoms with E-state index in [1.807, 2.05) is 43.3 Å². The highest BCUT2D eigenvalue weighted by Gasteiger charge is 2.30. The lowest BCUT2D eigenvalue weighted by Gasteiger charge is -2.41. The van der Waals surface area contributed by atoms with Gasteiger partial charge >= 0.3 is 0 Å². The van der Waals surface area contributed by atoms with E-state index in [0.29, 0.717) is 12.6 Å². The molecule has 3 heterocycles. The summed E-state index contributed by atoms with van der Waals surface area (Å²) in [5.41, 5.74) is 3.12. The van der Waals surface area contributed by atoms with E-state index in [-0.39, 0.29) is 12.7 Å². The van der Waals surface area contributed by atoms with Crippen LogP contribution in [0.25, 0.3) is 10.2 Å². The fourth-order valence-electron chi connectivity index (χ4n) is 4.75. The molecule has 1 aromatic heterocycles. The van der Waals surface area contributed by atoms with E-state index in [9.17, 15) is 5.11 Å². The molecule has 1 fully saturated rings. The van der Waals surface area contributed by atoms with Crippen molar-refractivity contribution in [1.29, 1.82) is 0 Å². The van der Waals surface area contributed by atoms with Gasteiger partial charge in [0.05, 0.1) is 20.9 Å². The molecule has 0 aliphatic carbocycles. The van der Waals surface area contributed by atoms with Crippen molar-refractivity contribution < 1.29 is 14.7 Å². The third-order valence-electron chi connectivity index (χ3n) is 6.50. The van der Waals surface area contributed by atoms with Crippen LogP contribution in [0.5, 0.6) is 5.75 Å². The van der Waals surface area contributed by atoms with Crippen molar-refractivity contribution >= 4 is 27.3 Å². The van der Waals surface area contributed by atoms with Crippen molar-refractivity contribution in [3.05, 3.63) is 59.1 Å². The van der Waals surface area contributed by atoms with E-state index in [4.69, 9.17) is 9.57 Å². The predicted molar refractivity (Wildman–Crippen MR) is 136 cm³/mol. The summed E-state index contributed by atoms with van der Waals surface area (Å²) >= 11 is 1.68. The van der Waals surface area contributed by atoms with Crippen molar-refractivity contribution in [2.75, 3.05) is 39.3 Å². The van der Waals surface area contributed by atoms with E-state index in [1.165, 1.54) is 0 Å². The van der Waals surface area contributed by atoms with E-state index >= 15 is 0 Å². The smallest absolute Gasteiger partial charge is 0.145 e. The number of β-amino-alcohol motifs (C(OH)–C–C–N with tert-alkyl or cyclic N) is 1. The maximum atomic E-state index is 10.6. The first-order valence-corrected chi connectivity index (χ1v) is 12.8. The lowest BCUT2D eigenvalue weighted by Crippen LogP contribution is -2.55. The molecule has 1 unspecified atom stereocenters. The number of hydrogen-bond donors (Lipinski definition) is 1. The van der Waals surface area contributed by atoms with Gasteiger partial charge in [-0.15, -0.1) is 11.3 Å². The maximum absolute atomic E-state index is 10.6. The van der Waals surface area contributed by atoms with Crippen LogP contribution in [0.4, 0.5) is 0 Å². The van der Waals surface area contributed by atoms with Gasteiger partial charge in [0.1, 0.15) is 24.6 Å². The van der Waals surface area contributed by atoms with Gasteiger partial charge in [0.25, 0.3) is 0 Å². The summed E-state index contributed by atoms with van der Waals surface area (Å²) in [6, 6.07) is 16.5. The molecule has 34 heavy (non-hydrogen) atoms. The van der Waals surface area contributed by atoms with Gasteiger partial charge in [0.2, 0.25) is 0 Å². The molecule has 0 saturated carbocycles. The second-order valence-corrected chi connectivity index (χ2v) is 10.5. The molecule has 2 aromatic carbocycles. The first-order chi connectivity index (χ1) is 16.5. The number of piperazine rings is 1. The van der Waals surface area contributed by atoms with Gasteiger partial charge in [-0.25, -0.2) is 4.98 Å². The van der Waals surface area contributed by atoms with Crippen LogP contribution < -0.4 is 4.74 Å². The normalized spacial score (nSPS) is 22.5. The number of ether oxygens (including phenoxy) is 1. The largest absolute Gasteiger partial charge is 0.491 e. The summed E-state index contributed by atoms with van der Waals surface area (Å²) in [5.74, 6) is 0.753. The van der Waals surface area contributed by atoms with Gasteiger partial charge in [-0.3, -0.25) is 9.80 Å². The standard InChI is InChI=1S/C26H32N4O3S/c1-18-14-29(16-23-13-24(28-33-23)20-6-4-3-5-7-20)10-11-30(18)15-21(31)17-32-22-8-9-26-25(12-22)27-19(2)34-26/h3-9,12,18,21,23,31H,10-11,13-17H2,1-2H3/t18-,21?,23+/m0/s1. The number of nitrogens with zero attached hydrogens (tertiary/aromatic N) is 4. The fourth-order valence-corrected chi connectivity index (χ4v) is 5.56. The fraction of sp³-hybridized carbons (Fsp3) is 0.462. The van der Waals surface area contributed by atoms with Gasteiger partial charge in [0.15, 0.2) is 0 Å². The minimum atomic E-state index is -0.540. The molecule has 180 valence electrons. The number of rotatable bonds is 8. The molecule has 7 nitrogen and oxygen atoms in total. The summed E-state index contributed by atoms with van der Waals surface area (Å²) < 4.78 is 7.02. The Hall–Kier alpha value is -2.52. The van der Waals surface area contributed by atoms with Crippen LogP contribution in [0, 0.1) is 6.92 Å². The van der Waals surface area contributed by atoms with Crippen molar-refractivity contribution in [3.8, 4) is 5.75 Å². The molecule has 1 N–H and O–H groups in total. The summed E-state index contributed by atoms with van der Waals surface area (Å²) in [5, 5.41) is 16.0. The van der Waals surface area contributed by atoms with Gasteiger partial charge in [0, 0.05) is 51.3 Å². The summed E-state index contributed by atoms with van der Waals surface area (Å²) in [6.45, 7) is 8.81. The predicted octanol–water partition coefficient (Wildman–Crippen LogP) is 3.54. The number of aromatic nitrogens is 1. The summed E-state index contributed by atoms with van der Waals surface area (Å²) in [7, 11) is 0. The number of oxime groups is 1. The van der Waals surface area contributed by atoms with Crippen LogP contribution in [0.3, 0.4) is 0 Å². The Balaban J connectivity index is 1.05. The number of thiazole rings is 1. The Morgan fingerprint density at radius 1 is 1.21 bits per heavy atom. The zero-order chi connectivity index (χ0) is 23.5. The third-order valence-corrected chi connectivity index (χ3v) is 7.46. The Morgan fingerprint density at radius 2 is 2.06 bits per heavy atom. The zero-order valence-corrected chi connectivity index (χ0v) is 20.6. The number of aliphatic hydroxyl groups excluding tert-OH is 1. The average Bonchev–Trinajstić information content (AvgIpc) is 3.45. The Kier molecular flexibility index (Phi) is 7.10. The van der Waals surface area contributed by atoms with Gasteiger partial charge in [-0.05, 0) is 31.5 Å². The molecule has 1 saturated heterocycles. The van der Waals surface area contributed by atoms with E-state index in [1.54, 1.807) is 11.3 Å². The lowest BCUT2D eigenvalue weighted by atomic mass is 10.0. The maximum Gasteiger partial charge on any atom is 0.145 e. The molecule has 8 heteroatoms. The minimum Gasteiger partial charge on any atom is -0.491 e. The van der Waals surface area contributed by atoms with Crippen molar-refractivity contribution in [2.24, 2.45) is 5.16 Å². The monoisotopic (exact) mass is 480 g/mol. The number of fused-ring (bicyclic) bond motifs is 1. The number of aryl methyl sites for hydroxylation is 1. The van der Waals surface area contributed by atoms with Gasteiger partial charge in [-0.1, -0.05) is 35.5 Å². The highest BCUT2D eigenvalue weighted by molar-refractivity contribution is 7.18. The number of hydrogen-bond acceptors (Lipinski definition) is 8. The molecule has 0 radical (unpaired) electrons. The molecule has 0 bridgehead atoms. The molecule has 5 rings (SSSR count). The molecular formula is C26H32N4O3S. The van der Waals surface area contributed by atoms with Crippen molar-refractivity contribution in [2.45, 2.75) is 38.5 Å². The third kappa shape index (κ3) is 5.58. The van der Waals surface area contributed by atoms with Crippen molar-refractivity contribution in [1.82, 2.24) is 14.8 Å². The highest BCUT2D eigenvalue weighted by atomic mass is 32.1. The summed E-state index contributed by atoms with van der Waals surface area (Å²) in [6.07, 6.45) is 0.412. The van der Waals surface area contributed by atoms with E-state index in [2.05, 4.69) is 39.0 Å². The van der Waals surface area contributed by atoms with Crippen LogP contribution in [-0.4, -0.2) is 83.2 Å². The lowest BCUT2D eigenvalue weighted by molar-refractivity contribution is -0.000999. The van der Waals surface area contributed by atoms with Gasteiger partial charge < -0.3 is 14.7 Å². The second kappa shape index (κ2) is 10.4. The van der Waals surface area contributed by atoms with Crippen LogP contribution in [0.1, 0.15) is 23.9 Å². The summed E-state index contributed by atoms with van der Waals surface area (Å²) in [4.78, 5) is 15.0. The number of benzene rings is 2. The average molecular weight is 481 g/mol. The molecule has 2 aliphatic heterocycles. The highest BCUT2D eigenvalue weighted by Crippen LogP contribution is 2.26. The topological polar surface area (TPSA) is 70.4 Å². The van der Waals surface area contributed by atoms with Crippen molar-refractivity contribution in [3.63, 3.8) is 0 Å². The quantitative estimate of drug-likeness (QED) is 0.532. The minimum absolute atomic E-state index is 0.104. The zero-order valence-electron chi connectivity index (χ0n) is 19.8. The molecule has 0 amide bonds. The van der Waals surface area contributed by atoms with E-state index < -0.39 is 6.10 Å². The SMILES string of the molecule is Cc1nc2cc(OCC(O)CN3CCN(C[C@H]4CC(c5ccccc5)=NO4)C[C@@H]3C)ccc2s1. The molecule has 3 aromatic rings. The molecule has 0 spiro atoms. The Bertz CT molecular complexity index is 1140. The van der Waals surface area contributed by atoms with Crippen LogP contribution >= 0.6 is 11.3 Å². The first kappa shape index (κ1) is 23.2. The van der Waals surface area contributed by atoms with Crippen LogP contribution in [-0.2, 0) is 4.84 Å². The van der Waals surface area contributed by atoms with Gasteiger partial charge in [-0.2, -0.15) is 0 Å². The van der Waals surface area contributed by atoms with Crippen LogP contribution in [0.15, 0.2) is 53.7 Å². The second-order valence-electron chi connectivity index (χ2n) is 9.27. The molecule has 3 atom stereocenters. The first-order valence-electron chi connectivity index (χ1n) is 12.0. The van der Waals surface area contributed by atoms with Crippen LogP contribution in [0.2, 0.25) is 0 Å². The Morgan fingerprint density at radius 3 is 2.88 bits per heavy atom. The number of aliphatic hydroxyl groups is 1. The molecular weight excluding hydrogens is 448 g/mol. The van der Waals surface area contributed by atoms with E-state index in [0.717, 1.165) is 64.8 Å².